The van der Waals surface area contributed by atoms with Gasteiger partial charge in [-0.05, 0) is 35.6 Å². The van der Waals surface area contributed by atoms with E-state index in [9.17, 15) is 14.9 Å². The van der Waals surface area contributed by atoms with E-state index >= 15 is 0 Å². The number of carbonyl (C=O) groups is 2. The number of nitrogens with two attached hydrogens (primary N) is 1. The van der Waals surface area contributed by atoms with Crippen LogP contribution in [0.4, 0.5) is 5.69 Å². The van der Waals surface area contributed by atoms with Crippen LogP contribution in [0.15, 0.2) is 82.2 Å². The van der Waals surface area contributed by atoms with Crippen molar-refractivity contribution in [3.8, 4) is 6.07 Å². The number of nitriles is 1. The molecule has 0 aliphatic carbocycles. The molecule has 1 unspecified atom stereocenters. The van der Waals surface area contributed by atoms with Gasteiger partial charge in [0.15, 0.2) is 0 Å². The summed E-state index contributed by atoms with van der Waals surface area (Å²) in [5.41, 5.74) is 7.65. The minimum absolute atomic E-state index is 0.0108. The third-order valence-electron chi connectivity index (χ3n) is 5.02. The lowest BCUT2D eigenvalue weighted by Crippen LogP contribution is -2.40. The van der Waals surface area contributed by atoms with E-state index in [0.717, 1.165) is 10.6 Å². The minimum atomic E-state index is -0.881. The molecule has 2 aromatic rings. The summed E-state index contributed by atoms with van der Waals surface area (Å²) < 4.78 is 10.0. The fraction of sp³-hybridized carbons (Fsp3) is 0.208. The van der Waals surface area contributed by atoms with Crippen LogP contribution in [0.1, 0.15) is 18.4 Å². The first kappa shape index (κ1) is 23.0. The van der Waals surface area contributed by atoms with E-state index in [1.54, 1.807) is 48.2 Å². The van der Waals surface area contributed by atoms with Gasteiger partial charge in [0.1, 0.15) is 11.5 Å². The molecular weight excluding hydrogens is 426 g/mol. The molecule has 164 valence electrons. The zero-order valence-corrected chi connectivity index (χ0v) is 18.8. The SMILES string of the molecule is CCSc1ccc(N2C(N)=C(C#N)C(c3ccccc3)C(C(=O)OC)=C2C(=O)OC)cc1. The molecule has 0 amide bonds. The molecule has 7 nitrogen and oxygen atoms in total. The van der Waals surface area contributed by atoms with Crippen molar-refractivity contribution in [2.24, 2.45) is 5.73 Å². The second-order valence-electron chi connectivity index (χ2n) is 6.76. The Hall–Kier alpha value is -3.70. The number of benzene rings is 2. The van der Waals surface area contributed by atoms with Crippen molar-refractivity contribution in [3.63, 3.8) is 0 Å². The van der Waals surface area contributed by atoms with Crippen molar-refractivity contribution in [1.29, 1.82) is 5.26 Å². The van der Waals surface area contributed by atoms with Crippen LogP contribution in [0, 0.1) is 11.3 Å². The highest BCUT2D eigenvalue weighted by atomic mass is 32.2. The Morgan fingerprint density at radius 1 is 1.06 bits per heavy atom. The van der Waals surface area contributed by atoms with Gasteiger partial charge in [0, 0.05) is 10.6 Å². The first-order valence-electron chi connectivity index (χ1n) is 9.86. The third kappa shape index (κ3) is 4.20. The van der Waals surface area contributed by atoms with Gasteiger partial charge in [0.2, 0.25) is 0 Å². The maximum absolute atomic E-state index is 13.0. The van der Waals surface area contributed by atoms with Crippen LogP contribution < -0.4 is 10.6 Å². The molecule has 1 heterocycles. The zero-order valence-electron chi connectivity index (χ0n) is 18.0. The van der Waals surface area contributed by atoms with Crippen molar-refractivity contribution >= 4 is 29.4 Å². The summed E-state index contributed by atoms with van der Waals surface area (Å²) in [5, 5.41) is 10.0. The molecule has 0 radical (unpaired) electrons. The summed E-state index contributed by atoms with van der Waals surface area (Å²) in [6.07, 6.45) is 0. The number of thioether (sulfide) groups is 1. The number of allylic oxidation sites excluding steroid dienone is 1. The highest BCUT2D eigenvalue weighted by molar-refractivity contribution is 7.99. The fourth-order valence-electron chi connectivity index (χ4n) is 3.64. The van der Waals surface area contributed by atoms with E-state index in [4.69, 9.17) is 15.2 Å². The maximum atomic E-state index is 13.0. The predicted octanol–water partition coefficient (Wildman–Crippen LogP) is 3.70. The number of nitrogens with zero attached hydrogens (tertiary/aromatic N) is 2. The highest BCUT2D eigenvalue weighted by Crippen LogP contribution is 2.43. The van der Waals surface area contributed by atoms with Gasteiger partial charge in [-0.15, -0.1) is 11.8 Å². The number of esters is 2. The van der Waals surface area contributed by atoms with Gasteiger partial charge in [-0.3, -0.25) is 4.90 Å². The molecule has 0 saturated carbocycles. The molecule has 0 aromatic heterocycles. The lowest BCUT2D eigenvalue weighted by molar-refractivity contribution is -0.139. The molecule has 1 aliphatic rings. The normalized spacial score (nSPS) is 15.9. The molecule has 0 saturated heterocycles. The lowest BCUT2D eigenvalue weighted by atomic mass is 9.81. The topological polar surface area (TPSA) is 106 Å². The predicted molar refractivity (Wildman–Crippen MR) is 122 cm³/mol. The van der Waals surface area contributed by atoms with Crippen LogP contribution in [-0.2, 0) is 19.1 Å². The zero-order chi connectivity index (χ0) is 23.3. The molecule has 0 spiro atoms. The Morgan fingerprint density at radius 3 is 2.22 bits per heavy atom. The van der Waals surface area contributed by atoms with Crippen LogP contribution in [0.25, 0.3) is 0 Å². The van der Waals surface area contributed by atoms with Crippen LogP contribution >= 0.6 is 11.8 Å². The monoisotopic (exact) mass is 449 g/mol. The Morgan fingerprint density at radius 2 is 1.69 bits per heavy atom. The quantitative estimate of drug-likeness (QED) is 0.526. The molecule has 2 aromatic carbocycles. The molecule has 32 heavy (non-hydrogen) atoms. The number of rotatable bonds is 6. The van der Waals surface area contributed by atoms with Crippen LogP contribution in [0.2, 0.25) is 0 Å². The number of hydrogen-bond donors (Lipinski definition) is 1. The van der Waals surface area contributed by atoms with E-state index in [1.165, 1.54) is 19.1 Å². The summed E-state index contributed by atoms with van der Waals surface area (Å²) in [4.78, 5) is 28.4. The largest absolute Gasteiger partial charge is 0.466 e. The molecule has 1 atom stereocenters. The highest BCUT2D eigenvalue weighted by Gasteiger charge is 2.42. The van der Waals surface area contributed by atoms with Gasteiger partial charge >= 0.3 is 11.9 Å². The second-order valence-corrected chi connectivity index (χ2v) is 8.10. The average molecular weight is 450 g/mol. The van der Waals surface area contributed by atoms with Crippen LogP contribution in [0.5, 0.6) is 0 Å². The van der Waals surface area contributed by atoms with Crippen LogP contribution in [0.3, 0.4) is 0 Å². The van der Waals surface area contributed by atoms with Crippen LogP contribution in [-0.4, -0.2) is 31.9 Å². The molecular formula is C24H23N3O4S. The number of methoxy groups -OCH3 is 2. The Balaban J connectivity index is 2.33. The van der Waals surface area contributed by atoms with E-state index in [-0.39, 0.29) is 22.7 Å². The van der Waals surface area contributed by atoms with Crippen molar-refractivity contribution in [1.82, 2.24) is 0 Å². The minimum Gasteiger partial charge on any atom is -0.466 e. The van der Waals surface area contributed by atoms with Crippen molar-refractivity contribution < 1.29 is 19.1 Å². The summed E-state index contributed by atoms with van der Waals surface area (Å²) in [7, 11) is 2.45. The summed E-state index contributed by atoms with van der Waals surface area (Å²) >= 11 is 1.66. The molecule has 0 bridgehead atoms. The van der Waals surface area contributed by atoms with Gasteiger partial charge in [-0.1, -0.05) is 37.3 Å². The number of ether oxygens (including phenoxy) is 2. The Bertz CT molecular complexity index is 1120. The van der Waals surface area contributed by atoms with Gasteiger partial charge in [-0.25, -0.2) is 9.59 Å². The maximum Gasteiger partial charge on any atom is 0.355 e. The first-order chi connectivity index (χ1) is 15.5. The van der Waals surface area contributed by atoms with Crippen molar-refractivity contribution in [3.05, 3.63) is 82.8 Å². The fourth-order valence-corrected chi connectivity index (χ4v) is 4.30. The van der Waals surface area contributed by atoms with E-state index in [0.29, 0.717) is 11.3 Å². The molecule has 2 N–H and O–H groups in total. The number of carbonyl (C=O) groups excluding carboxylic acids is 2. The van der Waals surface area contributed by atoms with Gasteiger partial charge < -0.3 is 15.2 Å². The number of anilines is 1. The Kier molecular flexibility index (Phi) is 7.23. The van der Waals surface area contributed by atoms with Crippen molar-refractivity contribution in [2.45, 2.75) is 17.7 Å². The molecule has 1 aliphatic heterocycles. The van der Waals surface area contributed by atoms with Gasteiger partial charge in [-0.2, -0.15) is 5.26 Å². The smallest absolute Gasteiger partial charge is 0.355 e. The van der Waals surface area contributed by atoms with Crippen molar-refractivity contribution in [2.75, 3.05) is 24.9 Å². The molecule has 3 rings (SSSR count). The first-order valence-corrected chi connectivity index (χ1v) is 10.8. The average Bonchev–Trinajstić information content (AvgIpc) is 2.83. The summed E-state index contributed by atoms with van der Waals surface area (Å²) in [6, 6.07) is 18.4. The summed E-state index contributed by atoms with van der Waals surface area (Å²) in [5.74, 6) is -1.44. The molecule has 0 fully saturated rings. The van der Waals surface area contributed by atoms with E-state index in [2.05, 4.69) is 6.07 Å². The summed E-state index contributed by atoms with van der Waals surface area (Å²) in [6.45, 7) is 2.05. The second kappa shape index (κ2) is 10.1. The van der Waals surface area contributed by atoms with Gasteiger partial charge in [0.05, 0.1) is 37.4 Å². The van der Waals surface area contributed by atoms with Gasteiger partial charge in [0.25, 0.3) is 0 Å². The third-order valence-corrected chi connectivity index (χ3v) is 5.91. The molecule has 8 heteroatoms. The Labute approximate surface area is 191 Å². The standard InChI is InChI=1S/C24H23N3O4S/c1-4-32-17-12-10-16(11-13-17)27-21(24(29)31-3)20(23(28)30-2)19(18(14-25)22(27)26)15-8-6-5-7-9-15/h5-13,19H,4,26H2,1-3H3. The van der Waals surface area contributed by atoms with E-state index < -0.39 is 17.9 Å². The lowest BCUT2D eigenvalue weighted by Gasteiger charge is -2.35. The number of hydrogen-bond acceptors (Lipinski definition) is 8. The van der Waals surface area contributed by atoms with E-state index in [1.807, 2.05) is 25.1 Å².